The number of aliphatic hydroxyl groups is 2. The van der Waals surface area contributed by atoms with Crippen LogP contribution in [0.2, 0.25) is 0 Å². The zero-order valence-corrected chi connectivity index (χ0v) is 83.2. The third-order valence-corrected chi connectivity index (χ3v) is 16.7. The zero-order valence-electron chi connectivity index (χ0n) is 76.7. The van der Waals surface area contributed by atoms with Crippen LogP contribution in [-0.4, -0.2) is 354 Å². The molecular weight excluding hydrogens is 1840 g/mol. The molecule has 8 rings (SSSR count). The van der Waals surface area contributed by atoms with Crippen LogP contribution in [0.1, 0.15) is 105 Å². The summed E-state index contributed by atoms with van der Waals surface area (Å²) in [7, 11) is -0.236. The molecule has 714 valence electrons. The van der Waals surface area contributed by atoms with Crippen molar-refractivity contribution < 1.29 is 257 Å². The number of esters is 5. The smallest absolute Gasteiger partial charge is 1.00 e. The number of carboxylic acids is 1. The largest absolute Gasteiger partial charge is 2.00 e. The third kappa shape index (κ3) is 76.7. The number of carboxylic acid groups (broad SMARTS) is 1. The number of carbonyl (C=O) groups excluding carboxylic acids is 8. The predicted octanol–water partition coefficient (Wildman–Crippen LogP) is -0.478. The number of Topliss-reactive ketones (excluding diaryl/α,β-unsaturated/α-hetero) is 1. The average Bonchev–Trinajstić information content (AvgIpc) is 0.827. The van der Waals surface area contributed by atoms with Crippen molar-refractivity contribution in [2.75, 3.05) is 211 Å². The number of hydrogen-bond acceptors (Lipinski definition) is 33. The van der Waals surface area contributed by atoms with Gasteiger partial charge in [0.05, 0.1) is 178 Å². The van der Waals surface area contributed by atoms with Gasteiger partial charge in [-0.05, 0) is 92.6 Å². The van der Waals surface area contributed by atoms with Gasteiger partial charge < -0.3 is 146 Å². The summed E-state index contributed by atoms with van der Waals surface area (Å²) in [5.74, 6) is -2.50. The van der Waals surface area contributed by atoms with Gasteiger partial charge in [0.1, 0.15) is 65.4 Å². The van der Waals surface area contributed by atoms with Gasteiger partial charge >= 0.3 is 121 Å². The Bertz CT molecular complexity index is 2930. The molecule has 8 saturated heterocycles. The van der Waals surface area contributed by atoms with Gasteiger partial charge in [-0.25, -0.2) is 28.4 Å². The number of aliphatic hydroxyl groups excluding tert-OH is 1. The first kappa shape index (κ1) is 141. The van der Waals surface area contributed by atoms with E-state index < -0.39 is 57.2 Å². The topological polar surface area (TPSA) is 446 Å². The Morgan fingerprint density at radius 2 is 0.911 bits per heavy atom. The first-order valence-electron chi connectivity index (χ1n) is 37.3. The summed E-state index contributed by atoms with van der Waals surface area (Å²) in [6.45, 7) is 46.7. The van der Waals surface area contributed by atoms with Crippen molar-refractivity contribution in [2.45, 2.75) is 149 Å². The summed E-state index contributed by atoms with van der Waals surface area (Å²) < 4.78 is 171. The monoisotopic (exact) mass is 1970 g/mol. The number of ether oxygens (including phenoxy) is 19. The van der Waals surface area contributed by atoms with Crippen molar-refractivity contribution in [2.24, 2.45) is 29.6 Å². The first-order chi connectivity index (χ1) is 55.1. The molecule has 46 heteroatoms. The van der Waals surface area contributed by atoms with Crippen LogP contribution in [0.5, 0.6) is 0 Å². The minimum Gasteiger partial charge on any atom is -1.00 e. The van der Waals surface area contributed by atoms with Crippen molar-refractivity contribution >= 4 is 101 Å². The molecule has 0 aliphatic carbocycles. The number of halogens is 8. The van der Waals surface area contributed by atoms with Gasteiger partial charge in [-0.15, -0.1) is 4.52 Å². The second-order valence-electron chi connectivity index (χ2n) is 29.2. The van der Waals surface area contributed by atoms with Crippen molar-refractivity contribution in [3.05, 3.63) is 56.0 Å². The zero-order chi connectivity index (χ0) is 91.3. The third-order valence-electron chi connectivity index (χ3n) is 15.1. The summed E-state index contributed by atoms with van der Waals surface area (Å²) in [5, 5.41) is 26.4. The maximum absolute atomic E-state index is 11.5. The quantitative estimate of drug-likeness (QED) is 0.00821. The van der Waals surface area contributed by atoms with Crippen LogP contribution in [-0.2, 0) is 142 Å². The van der Waals surface area contributed by atoms with E-state index in [0.717, 1.165) is 19.5 Å². The fourth-order valence-electron chi connectivity index (χ4n) is 7.40. The molecule has 0 aromatic heterocycles. The van der Waals surface area contributed by atoms with Crippen molar-refractivity contribution in [3.8, 4) is 0 Å². The number of aldehydes is 2. The van der Waals surface area contributed by atoms with E-state index in [2.05, 4.69) is 57.3 Å². The molecule has 4 N–H and O–H groups in total. The van der Waals surface area contributed by atoms with Crippen molar-refractivity contribution in [1.82, 2.24) is 0 Å². The number of carbonyl (C=O) groups is 9. The summed E-state index contributed by atoms with van der Waals surface area (Å²) in [4.78, 5) is 93.2. The van der Waals surface area contributed by atoms with E-state index in [1.165, 1.54) is 13.2 Å². The second-order valence-corrected chi connectivity index (χ2v) is 31.0. The summed E-state index contributed by atoms with van der Waals surface area (Å²) >= 11 is 3.08. The molecule has 0 aromatic carbocycles. The Kier molecular flexibility index (Phi) is 91.0. The van der Waals surface area contributed by atoms with E-state index in [0.29, 0.717) is 175 Å². The maximum Gasteiger partial charge on any atom is 2.00 e. The number of methoxy groups -OCH3 is 2. The molecule has 0 aromatic rings. The Hall–Kier alpha value is -2.93. The van der Waals surface area contributed by atoms with Crippen LogP contribution < -0.4 is 65.4 Å². The molecule has 0 saturated carbocycles. The Balaban J connectivity index is -0.000000128. The van der Waals surface area contributed by atoms with Crippen LogP contribution in [0.25, 0.3) is 0 Å². The molecular formula is C78H134Br2F6LiMgNaO34P+. The van der Waals surface area contributed by atoms with Crippen molar-refractivity contribution in [3.63, 3.8) is 0 Å². The summed E-state index contributed by atoms with van der Waals surface area (Å²) in [6.07, 6.45) is 1.90. The van der Waals surface area contributed by atoms with Crippen LogP contribution >= 0.6 is 24.0 Å². The first-order valence-corrected chi connectivity index (χ1v) is 39.8. The van der Waals surface area contributed by atoms with Gasteiger partial charge in [-0.3, -0.25) is 9.59 Å². The predicted molar refractivity (Wildman–Crippen MR) is 433 cm³/mol. The molecule has 0 radical (unpaired) electrons. The fourth-order valence-corrected chi connectivity index (χ4v) is 8.35. The number of alkyl halides is 5. The van der Waals surface area contributed by atoms with Gasteiger partial charge in [0.2, 0.25) is 0 Å². The van der Waals surface area contributed by atoms with E-state index in [-0.39, 0.29) is 209 Å². The number of ketones is 1. The van der Waals surface area contributed by atoms with Crippen LogP contribution in [0, 0.1) is 37.0 Å². The van der Waals surface area contributed by atoms with E-state index in [1.807, 2.05) is 69.2 Å². The van der Waals surface area contributed by atoms with Crippen LogP contribution in [0.4, 0.5) is 26.7 Å². The van der Waals surface area contributed by atoms with Gasteiger partial charge in [0.15, 0.2) is 18.7 Å². The molecule has 6 unspecified atom stereocenters. The molecule has 8 heterocycles. The molecule has 0 amide bonds. The minimum atomic E-state index is -4.54. The average molecular weight is 1970 g/mol. The van der Waals surface area contributed by atoms with Crippen molar-refractivity contribution in [1.29, 1.82) is 0 Å². The molecule has 124 heavy (non-hydrogen) atoms. The van der Waals surface area contributed by atoms with E-state index in [9.17, 15) is 60.5 Å². The Morgan fingerprint density at radius 3 is 1.17 bits per heavy atom. The molecule has 6 atom stereocenters. The second kappa shape index (κ2) is 79.8. The van der Waals surface area contributed by atoms with Gasteiger partial charge in [0.25, 0.3) is 6.16 Å². The summed E-state index contributed by atoms with van der Waals surface area (Å²) in [5.41, 5.74) is -0.646. The summed E-state index contributed by atoms with van der Waals surface area (Å²) in [6, 6.07) is 0. The molecule has 8 fully saturated rings. The molecule has 34 nitrogen and oxygen atoms in total. The molecule has 0 bridgehead atoms. The van der Waals surface area contributed by atoms with Gasteiger partial charge in [-0.1, -0.05) is 68.9 Å². The van der Waals surface area contributed by atoms with E-state index in [1.54, 1.807) is 46.8 Å². The molecule has 8 aliphatic heterocycles. The minimum absolute atomic E-state index is 0. The Morgan fingerprint density at radius 1 is 0.589 bits per heavy atom. The SMILES string of the molecule is C=C(CBr)C(=O)OCC.C=C(COC1(C)COC1)C(=O)OCC.CC(/C=C\C(=O)O)COC1(C)COC1.CC(C=O)COC1(C)COC1.CC(CO)COC1(C)COC1.CC1(O)COC1.CCOC(=O)C(C)COC1(C)COC1.COC(=O)/C=C\C(C)COC1(C)COC1.COC(=O)C[P+](=O)OCC(F)(F)F.FF.O=C1COC1.O=CCF.[Br-].[CH3-].[H-].[Li+].[Mg+2].[Na+].[OH-]. The van der Waals surface area contributed by atoms with E-state index in [4.69, 9.17) is 95.6 Å². The van der Waals surface area contributed by atoms with Gasteiger partial charge in [-0.2, -0.15) is 13.2 Å². The molecule has 0 spiro atoms. The van der Waals surface area contributed by atoms with Gasteiger partial charge in [0, 0.05) is 50.6 Å². The van der Waals surface area contributed by atoms with Crippen LogP contribution in [0.3, 0.4) is 0 Å². The van der Waals surface area contributed by atoms with Crippen LogP contribution in [0.15, 0.2) is 48.6 Å². The maximum atomic E-state index is 11.5. The number of hydrogen-bond donors (Lipinski definition) is 3. The molecule has 8 aliphatic rings. The normalized spacial score (nSPS) is 18.2. The number of aliphatic carboxylic acids is 1. The standard InChI is InChI=1S/C11H18O4.C10H16O4.C10H18O4.C10H16O4.C8H16O3.C8H14O3.C6H9BrO2.C5H7F3O4P.C4H8O2.C3H4O2.C2H3FO.CH3.BrH.F2.Li.Mg.Na.H2O.H/c1-9(4-5-10(12)13-3)6-15-11(2)7-14-8-11;1-8(3-4-9(11)12)5-14-10(2)6-13-7-10;2*1-4-13-9(11)8(2)5-14-10(3)6-12-7-10;2*1-7(3-9)4-11-8(2)5-10-6-8;1-3-9-6(8)5(2)4-7;1-11-4(9)2-13(10)12-3-5(6,7)8;1-4(5)2-6-3-4;4-3-1-5-2-3;3-1-2-4;;;1-2;;;;;/h4-5,9H,6-8H2,1-3H3;3-4,8H,5-7H2,1-2H3,(H,11,12);8H,4-7H2,1-3H3;2,4-7H2,1,3H3;7,9H,3-6H2,1-2H3;3,7H,4-6H2,1-2H3;2-4H2,1H3;2-3H2,1H3;5H,2-3H2,1H3;1-2H2;2H,1H2;1H3;1H;;;;;1H2;/q;;;;;;;+1;;;;-1;;;+1;+2;+1;;-1/p-2/b5-4-;4-3-;;;;;;;;;;;;;;;;;. The fraction of sp³-hybridized carbons (Fsp3) is 0.769. The number of rotatable bonds is 36. The van der Waals surface area contributed by atoms with E-state index >= 15 is 0 Å². The Labute approximate surface area is 797 Å².